The number of alkyl halides is 5. The summed E-state index contributed by atoms with van der Waals surface area (Å²) in [4.78, 5) is 25.1. The number of amides is 1. The summed E-state index contributed by atoms with van der Waals surface area (Å²) in [6, 6.07) is 7.49. The van der Waals surface area contributed by atoms with Gasteiger partial charge in [0.1, 0.15) is 12.6 Å². The Labute approximate surface area is 184 Å². The van der Waals surface area contributed by atoms with Crippen LogP contribution in [0.25, 0.3) is 0 Å². The number of aryl methyl sites for hydroxylation is 1. The van der Waals surface area contributed by atoms with Gasteiger partial charge >= 0.3 is 12.1 Å². The van der Waals surface area contributed by atoms with Crippen molar-refractivity contribution in [2.24, 2.45) is 7.05 Å². The zero-order valence-corrected chi connectivity index (χ0v) is 17.4. The van der Waals surface area contributed by atoms with Crippen LogP contribution in [0.3, 0.4) is 0 Å². The van der Waals surface area contributed by atoms with E-state index in [0.29, 0.717) is 6.07 Å². The van der Waals surface area contributed by atoms with Crippen LogP contribution in [0.15, 0.2) is 42.7 Å². The second-order valence-corrected chi connectivity index (χ2v) is 7.81. The van der Waals surface area contributed by atoms with Crippen molar-refractivity contribution < 1.29 is 31.5 Å². The Balaban J connectivity index is 1.71. The molecule has 3 aromatic rings. The van der Waals surface area contributed by atoms with E-state index in [1.54, 1.807) is 0 Å². The standard InChI is InChI=1S/C22H17F5N4O2/c1-12(21(23,24)20-29-28-11-30(20)2)14-4-3-5-15(8-14)31-9-17-16(19(31)33)6-13(10-32)7-18(17)22(25,26)27/h3-8,10-12H,9H2,1-2H3. The van der Waals surface area contributed by atoms with E-state index in [1.807, 2.05) is 0 Å². The molecular weight excluding hydrogens is 447 g/mol. The maximum absolute atomic E-state index is 15.0. The molecule has 0 saturated carbocycles. The number of anilines is 1. The Morgan fingerprint density at radius 2 is 1.85 bits per heavy atom. The fourth-order valence-corrected chi connectivity index (χ4v) is 3.91. The van der Waals surface area contributed by atoms with Gasteiger partial charge in [-0.25, -0.2) is 0 Å². The average Bonchev–Trinajstić information content (AvgIpc) is 3.35. The monoisotopic (exact) mass is 464 g/mol. The Kier molecular flexibility index (Phi) is 5.30. The molecule has 4 rings (SSSR count). The molecule has 6 nitrogen and oxygen atoms in total. The third-order valence-electron chi connectivity index (χ3n) is 5.74. The van der Waals surface area contributed by atoms with Crippen LogP contribution in [0, 0.1) is 0 Å². The first-order chi connectivity index (χ1) is 15.4. The predicted molar refractivity (Wildman–Crippen MR) is 107 cm³/mol. The van der Waals surface area contributed by atoms with E-state index in [1.165, 1.54) is 38.2 Å². The molecule has 0 bridgehead atoms. The van der Waals surface area contributed by atoms with Crippen LogP contribution >= 0.6 is 0 Å². The number of carbonyl (C=O) groups excluding carboxylic acids is 2. The number of hydrogen-bond acceptors (Lipinski definition) is 4. The topological polar surface area (TPSA) is 68.1 Å². The smallest absolute Gasteiger partial charge is 0.316 e. The zero-order chi connectivity index (χ0) is 24.1. The van der Waals surface area contributed by atoms with Gasteiger partial charge < -0.3 is 9.47 Å². The van der Waals surface area contributed by atoms with Crippen molar-refractivity contribution >= 4 is 17.9 Å². The third kappa shape index (κ3) is 3.77. The minimum atomic E-state index is -4.77. The summed E-state index contributed by atoms with van der Waals surface area (Å²) in [5.41, 5.74) is -1.53. The molecule has 1 amide bonds. The van der Waals surface area contributed by atoms with Gasteiger partial charge in [0.25, 0.3) is 5.91 Å². The molecule has 0 fully saturated rings. The molecule has 1 atom stereocenters. The van der Waals surface area contributed by atoms with E-state index < -0.39 is 41.9 Å². The van der Waals surface area contributed by atoms with E-state index >= 15 is 8.78 Å². The summed E-state index contributed by atoms with van der Waals surface area (Å²) in [5, 5.41) is 6.97. The molecule has 0 saturated heterocycles. The SMILES string of the molecule is CC(c1cccc(N2Cc3c(cc(C=O)cc3C(F)(F)F)C2=O)c1)C(F)(F)c1nncn1C. The van der Waals surface area contributed by atoms with Crippen molar-refractivity contribution in [2.75, 3.05) is 4.90 Å². The Bertz CT molecular complexity index is 1250. The Morgan fingerprint density at radius 1 is 1.12 bits per heavy atom. The molecule has 1 unspecified atom stereocenters. The quantitative estimate of drug-likeness (QED) is 0.406. The molecule has 1 aliphatic heterocycles. The molecule has 11 heteroatoms. The highest BCUT2D eigenvalue weighted by atomic mass is 19.4. The van der Waals surface area contributed by atoms with Gasteiger partial charge in [-0.1, -0.05) is 19.1 Å². The first kappa shape index (κ1) is 22.6. The van der Waals surface area contributed by atoms with Crippen molar-refractivity contribution in [1.29, 1.82) is 0 Å². The number of fused-ring (bicyclic) bond motifs is 1. The first-order valence-electron chi connectivity index (χ1n) is 9.78. The van der Waals surface area contributed by atoms with Crippen molar-refractivity contribution in [3.05, 3.63) is 76.4 Å². The minimum absolute atomic E-state index is 0.161. The van der Waals surface area contributed by atoms with Gasteiger partial charge in [-0.2, -0.15) is 22.0 Å². The van der Waals surface area contributed by atoms with Crippen LogP contribution in [0.1, 0.15) is 56.1 Å². The second kappa shape index (κ2) is 7.75. The lowest BCUT2D eigenvalue weighted by molar-refractivity contribution is -0.138. The molecular formula is C22H17F5N4O2. The maximum Gasteiger partial charge on any atom is 0.416 e. The maximum atomic E-state index is 15.0. The number of halogens is 5. The molecule has 0 N–H and O–H groups in total. The van der Waals surface area contributed by atoms with Gasteiger partial charge in [-0.05, 0) is 35.4 Å². The molecule has 0 radical (unpaired) electrons. The van der Waals surface area contributed by atoms with Gasteiger partial charge in [0, 0.05) is 23.9 Å². The highest BCUT2D eigenvalue weighted by molar-refractivity contribution is 6.11. The highest BCUT2D eigenvalue weighted by Gasteiger charge is 2.44. The number of aldehydes is 1. The number of aromatic nitrogens is 3. The average molecular weight is 464 g/mol. The van der Waals surface area contributed by atoms with E-state index in [-0.39, 0.29) is 34.2 Å². The van der Waals surface area contributed by atoms with Gasteiger partial charge in [-0.15, -0.1) is 10.2 Å². The number of hydrogen-bond donors (Lipinski definition) is 0. The summed E-state index contributed by atoms with van der Waals surface area (Å²) >= 11 is 0. The van der Waals surface area contributed by atoms with Crippen LogP contribution in [0.4, 0.5) is 27.6 Å². The molecule has 1 aliphatic rings. The van der Waals surface area contributed by atoms with Crippen molar-refractivity contribution in [3.8, 4) is 0 Å². The van der Waals surface area contributed by atoms with Gasteiger partial charge in [0.2, 0.25) is 5.82 Å². The molecule has 1 aromatic heterocycles. The summed E-state index contributed by atoms with van der Waals surface area (Å²) in [6.07, 6.45) is -3.38. The Hall–Kier alpha value is -3.63. The zero-order valence-electron chi connectivity index (χ0n) is 17.4. The van der Waals surface area contributed by atoms with E-state index in [0.717, 1.165) is 21.9 Å². The molecule has 0 spiro atoms. The lowest BCUT2D eigenvalue weighted by atomic mass is 9.93. The fraction of sp³-hybridized carbons (Fsp3) is 0.273. The van der Waals surface area contributed by atoms with Crippen molar-refractivity contribution in [3.63, 3.8) is 0 Å². The van der Waals surface area contributed by atoms with Crippen LogP contribution < -0.4 is 4.90 Å². The normalized spacial score (nSPS) is 15.0. The molecule has 0 aliphatic carbocycles. The lowest BCUT2D eigenvalue weighted by Gasteiger charge is -2.24. The van der Waals surface area contributed by atoms with Crippen LogP contribution in [-0.4, -0.2) is 27.0 Å². The van der Waals surface area contributed by atoms with E-state index in [4.69, 9.17) is 0 Å². The Morgan fingerprint density at radius 3 is 2.45 bits per heavy atom. The number of rotatable bonds is 5. The van der Waals surface area contributed by atoms with Crippen molar-refractivity contribution in [2.45, 2.75) is 31.5 Å². The fourth-order valence-electron chi connectivity index (χ4n) is 3.91. The number of benzene rings is 2. The van der Waals surface area contributed by atoms with Crippen LogP contribution in [0.2, 0.25) is 0 Å². The molecule has 2 aromatic carbocycles. The van der Waals surface area contributed by atoms with Gasteiger partial charge in [-0.3, -0.25) is 9.59 Å². The molecule has 33 heavy (non-hydrogen) atoms. The second-order valence-electron chi connectivity index (χ2n) is 7.81. The predicted octanol–water partition coefficient (Wildman–Crippen LogP) is 4.70. The molecule has 172 valence electrons. The van der Waals surface area contributed by atoms with Crippen molar-refractivity contribution in [1.82, 2.24) is 14.8 Å². The third-order valence-corrected chi connectivity index (χ3v) is 5.74. The highest BCUT2D eigenvalue weighted by Crippen LogP contribution is 2.43. The largest absolute Gasteiger partial charge is 0.416 e. The minimum Gasteiger partial charge on any atom is -0.316 e. The van der Waals surface area contributed by atoms with E-state index in [9.17, 15) is 22.8 Å². The molecule has 2 heterocycles. The first-order valence-corrected chi connectivity index (χ1v) is 9.78. The van der Waals surface area contributed by atoms with E-state index in [2.05, 4.69) is 10.2 Å². The van der Waals surface area contributed by atoms with Crippen LogP contribution in [-0.2, 0) is 25.7 Å². The summed E-state index contributed by atoms with van der Waals surface area (Å²) in [7, 11) is 1.39. The summed E-state index contributed by atoms with van der Waals surface area (Å²) < 4.78 is 71.8. The number of nitrogens with zero attached hydrogens (tertiary/aromatic N) is 4. The summed E-state index contributed by atoms with van der Waals surface area (Å²) in [5.74, 6) is -6.05. The van der Waals surface area contributed by atoms with Crippen LogP contribution in [0.5, 0.6) is 0 Å². The van der Waals surface area contributed by atoms with Gasteiger partial charge in [0.15, 0.2) is 0 Å². The summed E-state index contributed by atoms with van der Waals surface area (Å²) in [6.45, 7) is 0.881. The lowest BCUT2D eigenvalue weighted by Crippen LogP contribution is -2.26. The van der Waals surface area contributed by atoms with Gasteiger partial charge in [0.05, 0.1) is 18.0 Å². The number of carbonyl (C=O) groups is 2.